The summed E-state index contributed by atoms with van der Waals surface area (Å²) in [6, 6.07) is 6.13. The monoisotopic (exact) mass is 240 g/mol. The SMILES string of the molecule is COc1ccc(Cl)cc1NC1CCN(C)C1. The predicted molar refractivity (Wildman–Crippen MR) is 67.5 cm³/mol. The minimum atomic E-state index is 0.484. The van der Waals surface area contributed by atoms with Crippen molar-refractivity contribution in [2.45, 2.75) is 12.5 Å². The molecule has 2 rings (SSSR count). The molecule has 1 aliphatic heterocycles. The van der Waals surface area contributed by atoms with Crippen LogP contribution in [-0.4, -0.2) is 38.2 Å². The van der Waals surface area contributed by atoms with Gasteiger partial charge in [-0.05, 0) is 38.2 Å². The molecule has 1 fully saturated rings. The molecule has 0 spiro atoms. The third-order valence-corrected chi connectivity index (χ3v) is 3.15. The summed E-state index contributed by atoms with van der Waals surface area (Å²) in [5.74, 6) is 0.846. The summed E-state index contributed by atoms with van der Waals surface area (Å²) in [7, 11) is 3.81. The highest BCUT2D eigenvalue weighted by Gasteiger charge is 2.20. The summed E-state index contributed by atoms with van der Waals surface area (Å²) < 4.78 is 5.30. The molecule has 1 heterocycles. The van der Waals surface area contributed by atoms with Crippen LogP contribution < -0.4 is 10.1 Å². The number of nitrogens with zero attached hydrogens (tertiary/aromatic N) is 1. The van der Waals surface area contributed by atoms with Crippen molar-refractivity contribution in [3.05, 3.63) is 23.2 Å². The van der Waals surface area contributed by atoms with E-state index in [0.29, 0.717) is 6.04 Å². The molecule has 0 saturated carbocycles. The summed E-state index contributed by atoms with van der Waals surface area (Å²) in [5.41, 5.74) is 0.982. The third-order valence-electron chi connectivity index (χ3n) is 2.91. The molecule has 0 bridgehead atoms. The van der Waals surface area contributed by atoms with Gasteiger partial charge in [0.15, 0.2) is 0 Å². The van der Waals surface area contributed by atoms with Crippen molar-refractivity contribution in [1.82, 2.24) is 4.90 Å². The molecular weight excluding hydrogens is 224 g/mol. The van der Waals surface area contributed by atoms with E-state index in [1.54, 1.807) is 7.11 Å². The van der Waals surface area contributed by atoms with Gasteiger partial charge in [0, 0.05) is 17.6 Å². The lowest BCUT2D eigenvalue weighted by Crippen LogP contribution is -2.23. The van der Waals surface area contributed by atoms with Gasteiger partial charge in [0.25, 0.3) is 0 Å². The Labute approximate surface area is 101 Å². The number of likely N-dealkylation sites (N-methyl/N-ethyl adjacent to an activating group) is 1. The molecular formula is C12H17ClN2O. The second-order valence-corrected chi connectivity index (χ2v) is 4.67. The Morgan fingerprint density at radius 1 is 1.50 bits per heavy atom. The first kappa shape index (κ1) is 11.6. The highest BCUT2D eigenvalue weighted by atomic mass is 35.5. The lowest BCUT2D eigenvalue weighted by molar-refractivity contribution is 0.410. The van der Waals surface area contributed by atoms with Crippen LogP contribution in [0.15, 0.2) is 18.2 Å². The average Bonchev–Trinajstić information content (AvgIpc) is 2.64. The van der Waals surface area contributed by atoms with E-state index in [1.165, 1.54) is 0 Å². The number of rotatable bonds is 3. The van der Waals surface area contributed by atoms with Crippen molar-refractivity contribution in [3.8, 4) is 5.75 Å². The van der Waals surface area contributed by atoms with Crippen molar-refractivity contribution in [1.29, 1.82) is 0 Å². The third kappa shape index (κ3) is 2.60. The molecule has 16 heavy (non-hydrogen) atoms. The highest BCUT2D eigenvalue weighted by Crippen LogP contribution is 2.29. The second kappa shape index (κ2) is 4.93. The van der Waals surface area contributed by atoms with E-state index in [4.69, 9.17) is 16.3 Å². The van der Waals surface area contributed by atoms with E-state index in [9.17, 15) is 0 Å². The topological polar surface area (TPSA) is 24.5 Å². The molecule has 1 saturated heterocycles. The van der Waals surface area contributed by atoms with E-state index in [0.717, 1.165) is 36.0 Å². The van der Waals surface area contributed by atoms with E-state index in [1.807, 2.05) is 18.2 Å². The number of likely N-dealkylation sites (tertiary alicyclic amines) is 1. The fourth-order valence-corrected chi connectivity index (χ4v) is 2.24. The van der Waals surface area contributed by atoms with Gasteiger partial charge in [-0.1, -0.05) is 11.6 Å². The maximum absolute atomic E-state index is 5.98. The van der Waals surface area contributed by atoms with Gasteiger partial charge >= 0.3 is 0 Å². The normalized spacial score (nSPS) is 21.1. The van der Waals surface area contributed by atoms with Crippen LogP contribution in [0.4, 0.5) is 5.69 Å². The van der Waals surface area contributed by atoms with Crippen LogP contribution in [0.1, 0.15) is 6.42 Å². The maximum atomic E-state index is 5.98. The number of anilines is 1. The van der Waals surface area contributed by atoms with Gasteiger partial charge in [0.2, 0.25) is 0 Å². The van der Waals surface area contributed by atoms with Gasteiger partial charge in [-0.2, -0.15) is 0 Å². The molecule has 1 atom stereocenters. The molecule has 1 aliphatic rings. The quantitative estimate of drug-likeness (QED) is 0.879. The molecule has 1 unspecified atom stereocenters. The Morgan fingerprint density at radius 3 is 2.94 bits per heavy atom. The van der Waals surface area contributed by atoms with Crippen LogP contribution >= 0.6 is 11.6 Å². The molecule has 0 amide bonds. The van der Waals surface area contributed by atoms with Crippen LogP contribution in [0, 0.1) is 0 Å². The minimum absolute atomic E-state index is 0.484. The Bertz CT molecular complexity index is 370. The standard InChI is InChI=1S/C12H17ClN2O/c1-15-6-5-10(8-15)14-11-7-9(13)3-4-12(11)16-2/h3-4,7,10,14H,5-6,8H2,1-2H3. The van der Waals surface area contributed by atoms with Crippen molar-refractivity contribution >= 4 is 17.3 Å². The molecule has 1 N–H and O–H groups in total. The Kier molecular flexibility index (Phi) is 3.56. The van der Waals surface area contributed by atoms with Crippen molar-refractivity contribution in [3.63, 3.8) is 0 Å². The Hall–Kier alpha value is -0.930. The van der Waals surface area contributed by atoms with Crippen LogP contribution in [0.3, 0.4) is 0 Å². The average molecular weight is 241 g/mol. The first-order chi connectivity index (χ1) is 7.69. The van der Waals surface area contributed by atoms with Crippen LogP contribution in [0.2, 0.25) is 5.02 Å². The lowest BCUT2D eigenvalue weighted by atomic mass is 10.2. The lowest BCUT2D eigenvalue weighted by Gasteiger charge is -2.17. The summed E-state index contributed by atoms with van der Waals surface area (Å²) >= 11 is 5.98. The zero-order valence-corrected chi connectivity index (χ0v) is 10.4. The summed E-state index contributed by atoms with van der Waals surface area (Å²) in [6.45, 7) is 2.20. The second-order valence-electron chi connectivity index (χ2n) is 4.24. The van der Waals surface area contributed by atoms with E-state index in [-0.39, 0.29) is 0 Å². The Morgan fingerprint density at radius 2 is 2.31 bits per heavy atom. The van der Waals surface area contributed by atoms with Crippen LogP contribution in [0.5, 0.6) is 5.75 Å². The van der Waals surface area contributed by atoms with Gasteiger partial charge in [0.1, 0.15) is 5.75 Å². The summed E-state index contributed by atoms with van der Waals surface area (Å²) in [6.07, 6.45) is 1.16. The van der Waals surface area contributed by atoms with Crippen LogP contribution in [-0.2, 0) is 0 Å². The fraction of sp³-hybridized carbons (Fsp3) is 0.500. The van der Waals surface area contributed by atoms with Crippen molar-refractivity contribution < 1.29 is 4.74 Å². The van der Waals surface area contributed by atoms with Crippen molar-refractivity contribution in [2.75, 3.05) is 32.6 Å². The molecule has 0 aromatic heterocycles. The van der Waals surface area contributed by atoms with Gasteiger partial charge in [0.05, 0.1) is 12.8 Å². The number of methoxy groups -OCH3 is 1. The number of halogens is 1. The van der Waals surface area contributed by atoms with Gasteiger partial charge in [-0.25, -0.2) is 0 Å². The molecule has 0 aliphatic carbocycles. The van der Waals surface area contributed by atoms with E-state index in [2.05, 4.69) is 17.3 Å². The molecule has 88 valence electrons. The number of hydrogen-bond acceptors (Lipinski definition) is 3. The molecule has 1 aromatic carbocycles. The molecule has 0 radical (unpaired) electrons. The zero-order valence-electron chi connectivity index (χ0n) is 9.66. The minimum Gasteiger partial charge on any atom is -0.495 e. The number of ether oxygens (including phenoxy) is 1. The number of nitrogens with one attached hydrogen (secondary N) is 1. The van der Waals surface area contributed by atoms with E-state index >= 15 is 0 Å². The molecule has 1 aromatic rings. The molecule has 3 nitrogen and oxygen atoms in total. The van der Waals surface area contributed by atoms with Gasteiger partial charge in [-0.15, -0.1) is 0 Å². The predicted octanol–water partition coefficient (Wildman–Crippen LogP) is 2.46. The fourth-order valence-electron chi connectivity index (χ4n) is 2.07. The largest absolute Gasteiger partial charge is 0.495 e. The zero-order chi connectivity index (χ0) is 11.5. The number of hydrogen-bond donors (Lipinski definition) is 1. The van der Waals surface area contributed by atoms with Crippen molar-refractivity contribution in [2.24, 2.45) is 0 Å². The summed E-state index contributed by atoms with van der Waals surface area (Å²) in [4.78, 5) is 2.31. The highest BCUT2D eigenvalue weighted by molar-refractivity contribution is 6.30. The number of benzene rings is 1. The van der Waals surface area contributed by atoms with Crippen LogP contribution in [0.25, 0.3) is 0 Å². The van der Waals surface area contributed by atoms with E-state index < -0.39 is 0 Å². The first-order valence-corrected chi connectivity index (χ1v) is 5.85. The van der Waals surface area contributed by atoms with Gasteiger partial charge < -0.3 is 15.0 Å². The smallest absolute Gasteiger partial charge is 0.142 e. The Balaban J connectivity index is 2.10. The summed E-state index contributed by atoms with van der Waals surface area (Å²) in [5, 5.41) is 4.21. The molecule has 4 heteroatoms. The maximum Gasteiger partial charge on any atom is 0.142 e. The van der Waals surface area contributed by atoms with Gasteiger partial charge in [-0.3, -0.25) is 0 Å². The first-order valence-electron chi connectivity index (χ1n) is 5.47.